The lowest BCUT2D eigenvalue weighted by Gasteiger charge is -2.66. The number of piperidine rings is 1. The summed E-state index contributed by atoms with van der Waals surface area (Å²) >= 11 is 0. The molecular formula is C26H40N2O. The predicted molar refractivity (Wildman–Crippen MR) is 121 cm³/mol. The normalized spacial score (nSPS) is 39.4. The molecule has 0 aromatic carbocycles. The molecule has 2 unspecified atom stereocenters. The Kier molecular flexibility index (Phi) is 5.81. The Labute approximate surface area is 177 Å². The summed E-state index contributed by atoms with van der Waals surface area (Å²) in [6.07, 6.45) is 20.2. The molecule has 1 amide bonds. The summed E-state index contributed by atoms with van der Waals surface area (Å²) in [4.78, 5) is 13.7. The lowest BCUT2D eigenvalue weighted by molar-refractivity contribution is -0.171. The Bertz CT molecular complexity index is 703. The van der Waals surface area contributed by atoms with E-state index in [0.717, 1.165) is 45.2 Å². The predicted octanol–water partition coefficient (Wildman–Crippen LogP) is 5.30. The van der Waals surface area contributed by atoms with Gasteiger partial charge in [0.05, 0.1) is 5.41 Å². The highest BCUT2D eigenvalue weighted by Gasteiger charge is 2.65. The van der Waals surface area contributed by atoms with Crippen molar-refractivity contribution in [3.05, 3.63) is 36.5 Å². The zero-order valence-electron chi connectivity index (χ0n) is 18.6. The van der Waals surface area contributed by atoms with E-state index < -0.39 is 0 Å². The van der Waals surface area contributed by atoms with Crippen molar-refractivity contribution < 1.29 is 4.79 Å². The molecule has 0 radical (unpaired) electrons. The quantitative estimate of drug-likeness (QED) is 0.573. The van der Waals surface area contributed by atoms with E-state index in [1.54, 1.807) is 0 Å². The van der Waals surface area contributed by atoms with E-state index >= 15 is 0 Å². The van der Waals surface area contributed by atoms with Crippen LogP contribution in [-0.2, 0) is 4.79 Å². The van der Waals surface area contributed by atoms with Gasteiger partial charge in [-0.15, -0.1) is 0 Å². The van der Waals surface area contributed by atoms with Gasteiger partial charge in [-0.3, -0.25) is 4.79 Å². The molecule has 29 heavy (non-hydrogen) atoms. The summed E-state index contributed by atoms with van der Waals surface area (Å²) in [5.74, 6) is 1.05. The van der Waals surface area contributed by atoms with Crippen molar-refractivity contribution in [2.45, 2.75) is 84.1 Å². The summed E-state index contributed by atoms with van der Waals surface area (Å²) in [6, 6.07) is 0.354. The van der Waals surface area contributed by atoms with Gasteiger partial charge in [0, 0.05) is 6.04 Å². The Balaban J connectivity index is 1.62. The number of rotatable bonds is 7. The minimum atomic E-state index is -0.170. The molecule has 2 N–H and O–H groups in total. The summed E-state index contributed by atoms with van der Waals surface area (Å²) in [7, 11) is 0. The molecule has 4 atom stereocenters. The minimum Gasteiger partial charge on any atom is -0.353 e. The molecule has 5 aliphatic rings. The van der Waals surface area contributed by atoms with Gasteiger partial charge in [0.1, 0.15) is 0 Å². The topological polar surface area (TPSA) is 41.1 Å². The third-order valence-electron chi connectivity index (χ3n) is 8.40. The summed E-state index contributed by atoms with van der Waals surface area (Å²) in [5, 5.41) is 6.92. The molecule has 4 saturated carbocycles. The van der Waals surface area contributed by atoms with Crippen LogP contribution in [0.15, 0.2) is 36.5 Å². The zero-order valence-corrected chi connectivity index (χ0v) is 18.6. The van der Waals surface area contributed by atoms with Gasteiger partial charge in [0.15, 0.2) is 0 Å². The van der Waals surface area contributed by atoms with E-state index in [0.29, 0.717) is 23.3 Å². The third-order valence-corrected chi connectivity index (χ3v) is 8.40. The Hall–Kier alpha value is -1.35. The van der Waals surface area contributed by atoms with Gasteiger partial charge in [-0.2, -0.15) is 0 Å². The fourth-order valence-electron chi connectivity index (χ4n) is 7.82. The first-order chi connectivity index (χ1) is 13.9. The van der Waals surface area contributed by atoms with E-state index in [1.165, 1.54) is 37.7 Å². The number of carbonyl (C=O) groups excluding carboxylic acids is 1. The maximum Gasteiger partial charge on any atom is 0.226 e. The second-order valence-corrected chi connectivity index (χ2v) is 10.7. The van der Waals surface area contributed by atoms with Crippen LogP contribution in [0.4, 0.5) is 0 Å². The molecule has 1 aliphatic heterocycles. The van der Waals surface area contributed by atoms with Gasteiger partial charge in [-0.25, -0.2) is 0 Å². The van der Waals surface area contributed by atoms with Crippen LogP contribution in [0.25, 0.3) is 0 Å². The fraction of sp³-hybridized carbons (Fsp3) is 0.731. The molecule has 4 aliphatic carbocycles. The Morgan fingerprint density at radius 2 is 1.83 bits per heavy atom. The summed E-state index contributed by atoms with van der Waals surface area (Å²) in [6.45, 7) is 11.0. The molecule has 5 fully saturated rings. The molecule has 5 rings (SSSR count). The van der Waals surface area contributed by atoms with Gasteiger partial charge in [0.2, 0.25) is 5.91 Å². The van der Waals surface area contributed by atoms with Gasteiger partial charge >= 0.3 is 0 Å². The highest BCUT2D eigenvalue weighted by Crippen LogP contribution is 2.72. The van der Waals surface area contributed by atoms with Crippen LogP contribution in [-0.4, -0.2) is 25.0 Å². The molecule has 1 saturated heterocycles. The van der Waals surface area contributed by atoms with Crippen molar-refractivity contribution in [1.82, 2.24) is 10.6 Å². The van der Waals surface area contributed by atoms with Crippen molar-refractivity contribution >= 4 is 5.91 Å². The largest absolute Gasteiger partial charge is 0.353 e. The minimum absolute atomic E-state index is 0.123. The highest BCUT2D eigenvalue weighted by molar-refractivity contribution is 5.84. The Morgan fingerprint density at radius 1 is 1.10 bits per heavy atom. The van der Waals surface area contributed by atoms with Crippen LogP contribution in [0.3, 0.4) is 0 Å². The molecule has 3 heteroatoms. The molecule has 3 nitrogen and oxygen atoms in total. The lowest BCUT2D eigenvalue weighted by atomic mass is 9.37. The summed E-state index contributed by atoms with van der Waals surface area (Å²) in [5.41, 5.74) is 1.56. The molecule has 0 spiro atoms. The molecule has 160 valence electrons. The zero-order chi connectivity index (χ0) is 20.5. The maximum absolute atomic E-state index is 13.7. The monoisotopic (exact) mass is 396 g/mol. The SMILES string of the molecule is C=C(/C=C\C=C/C)[C@]12CC3CC(C(=O)NC4CCNCC4)(C[C@](CCC)(C3)C1)C2. The fourth-order valence-corrected chi connectivity index (χ4v) is 7.82. The molecule has 0 aromatic rings. The van der Waals surface area contributed by atoms with Crippen molar-refractivity contribution in [2.24, 2.45) is 22.2 Å². The van der Waals surface area contributed by atoms with Crippen LogP contribution in [0.5, 0.6) is 0 Å². The number of nitrogens with one attached hydrogen (secondary N) is 2. The number of carbonyl (C=O) groups is 1. The number of amides is 1. The number of hydrogen-bond acceptors (Lipinski definition) is 2. The van der Waals surface area contributed by atoms with E-state index in [2.05, 4.69) is 48.4 Å². The average Bonchev–Trinajstić information content (AvgIpc) is 2.68. The first-order valence-electron chi connectivity index (χ1n) is 12.0. The number of allylic oxidation sites excluding steroid dienone is 5. The van der Waals surface area contributed by atoms with Gasteiger partial charge in [0.25, 0.3) is 0 Å². The van der Waals surface area contributed by atoms with Crippen LogP contribution >= 0.6 is 0 Å². The van der Waals surface area contributed by atoms with E-state index in [4.69, 9.17) is 0 Å². The van der Waals surface area contributed by atoms with Gasteiger partial charge in [-0.1, -0.05) is 44.2 Å². The van der Waals surface area contributed by atoms with E-state index in [-0.39, 0.29) is 10.8 Å². The van der Waals surface area contributed by atoms with Crippen molar-refractivity contribution in [2.75, 3.05) is 13.1 Å². The van der Waals surface area contributed by atoms with Crippen molar-refractivity contribution in [1.29, 1.82) is 0 Å². The van der Waals surface area contributed by atoms with Crippen LogP contribution in [0.2, 0.25) is 0 Å². The molecule has 1 heterocycles. The van der Waals surface area contributed by atoms with Crippen LogP contribution in [0, 0.1) is 22.2 Å². The smallest absolute Gasteiger partial charge is 0.226 e. The van der Waals surface area contributed by atoms with Gasteiger partial charge < -0.3 is 10.6 Å². The highest BCUT2D eigenvalue weighted by atomic mass is 16.2. The second-order valence-electron chi connectivity index (χ2n) is 10.7. The number of hydrogen-bond donors (Lipinski definition) is 2. The van der Waals surface area contributed by atoms with Crippen molar-refractivity contribution in [3.8, 4) is 0 Å². The van der Waals surface area contributed by atoms with E-state index in [1.807, 2.05) is 6.92 Å². The third kappa shape index (κ3) is 3.87. The standard InChI is InChI=1S/C26H40N2O/c1-4-6-7-8-20(3)25-15-21-14-24(17-25,11-5-2)18-26(16-21,19-25)23(29)28-22-9-12-27-13-10-22/h4,6-8,21-22,27H,3,5,9-19H2,1-2H3,(H,28,29)/b6-4-,8-7-/t21?,24-,25-,26?/m1/s1. The van der Waals surface area contributed by atoms with Crippen LogP contribution in [0.1, 0.15) is 78.1 Å². The molecule has 0 aromatic heterocycles. The Morgan fingerprint density at radius 3 is 2.55 bits per heavy atom. The average molecular weight is 397 g/mol. The van der Waals surface area contributed by atoms with E-state index in [9.17, 15) is 4.79 Å². The van der Waals surface area contributed by atoms with Crippen molar-refractivity contribution in [3.63, 3.8) is 0 Å². The van der Waals surface area contributed by atoms with Crippen LogP contribution < -0.4 is 10.6 Å². The lowest BCUT2D eigenvalue weighted by Crippen LogP contribution is -2.62. The first kappa shape index (κ1) is 20.9. The molecule has 4 bridgehead atoms. The molecular weight excluding hydrogens is 356 g/mol. The summed E-state index contributed by atoms with van der Waals surface area (Å²) < 4.78 is 0. The second kappa shape index (κ2) is 8.06. The van der Waals surface area contributed by atoms with Gasteiger partial charge in [-0.05, 0) is 100 Å². The maximum atomic E-state index is 13.7. The first-order valence-corrected chi connectivity index (χ1v) is 12.0.